The van der Waals surface area contributed by atoms with E-state index in [0.29, 0.717) is 20.3 Å². The van der Waals surface area contributed by atoms with E-state index in [1.165, 1.54) is 0 Å². The van der Waals surface area contributed by atoms with E-state index in [2.05, 4.69) is 0 Å². The Bertz CT molecular complexity index is 814. The molecule has 0 fully saturated rings. The van der Waals surface area contributed by atoms with Crippen molar-refractivity contribution in [1.29, 1.82) is 0 Å². The maximum atomic E-state index is 13.6. The van der Waals surface area contributed by atoms with E-state index in [9.17, 15) is 17.6 Å². The van der Waals surface area contributed by atoms with Crippen LogP contribution in [-0.4, -0.2) is 9.13 Å². The molecule has 24 heavy (non-hydrogen) atoms. The lowest BCUT2D eigenvalue weighted by Crippen LogP contribution is -2.03. The van der Waals surface area contributed by atoms with Crippen molar-refractivity contribution in [2.75, 3.05) is 0 Å². The molecule has 0 N–H and O–H groups in total. The smallest absolute Gasteiger partial charge is 0.258 e. The first-order valence-corrected chi connectivity index (χ1v) is 7.47. The Hall–Kier alpha value is -2.41. The molecule has 0 amide bonds. The van der Waals surface area contributed by atoms with E-state index in [0.717, 1.165) is 0 Å². The van der Waals surface area contributed by atoms with E-state index in [-0.39, 0.29) is 11.4 Å². The van der Waals surface area contributed by atoms with E-state index < -0.39 is 17.9 Å². The number of hydrogen-bond donors (Lipinski definition) is 0. The van der Waals surface area contributed by atoms with Crippen molar-refractivity contribution in [3.8, 4) is 22.5 Å². The Kier molecular flexibility index (Phi) is 4.53. The summed E-state index contributed by atoms with van der Waals surface area (Å²) in [6.07, 6.45) is 0. The molecular weight excluding hydrogens is 340 g/mol. The molecule has 1 aromatic heterocycles. The maximum Gasteiger partial charge on any atom is 0.321 e. The molecule has 0 saturated carbocycles. The zero-order valence-electron chi connectivity index (χ0n) is 12.2. The summed E-state index contributed by atoms with van der Waals surface area (Å²) in [6, 6.07) is 16.4. The van der Waals surface area contributed by atoms with Gasteiger partial charge in [0.2, 0.25) is 0 Å². The number of nitrogens with zero attached hydrogens (tertiary/aromatic N) is 2. The maximum absolute atomic E-state index is 13.6. The zero-order chi connectivity index (χ0) is 17.3. The van der Waals surface area contributed by atoms with E-state index >= 15 is 0 Å². The van der Waals surface area contributed by atoms with Gasteiger partial charge in [0.05, 0.1) is 11.4 Å². The van der Waals surface area contributed by atoms with Crippen LogP contribution in [0.4, 0.5) is 17.6 Å². The van der Waals surface area contributed by atoms with Gasteiger partial charge in [-0.15, -0.1) is 0 Å². The molecule has 7 heteroatoms. The Morgan fingerprint density at radius 3 is 1.25 bits per heavy atom. The van der Waals surface area contributed by atoms with Crippen molar-refractivity contribution in [2.45, 2.75) is 13.1 Å². The Labute approximate surface area is 140 Å². The topological polar surface area (TPSA) is 9.86 Å². The summed E-state index contributed by atoms with van der Waals surface area (Å²) in [7, 11) is 0. The highest BCUT2D eigenvalue weighted by atomic mass is 32.1. The average Bonchev–Trinajstić information content (AvgIpc) is 2.90. The molecule has 0 bridgehead atoms. The van der Waals surface area contributed by atoms with Gasteiger partial charge in [0.15, 0.2) is 4.77 Å². The molecule has 0 atom stereocenters. The fourth-order valence-electron chi connectivity index (χ4n) is 2.64. The van der Waals surface area contributed by atoms with Crippen LogP contribution in [0, 0.1) is 4.77 Å². The van der Waals surface area contributed by atoms with Crippen LogP contribution in [0.15, 0.2) is 60.7 Å². The second kappa shape index (κ2) is 6.60. The van der Waals surface area contributed by atoms with E-state index in [4.69, 9.17) is 12.2 Å². The molecule has 0 saturated heterocycles. The summed E-state index contributed by atoms with van der Waals surface area (Å²) >= 11 is 4.92. The van der Waals surface area contributed by atoms with Crippen LogP contribution in [0.1, 0.15) is 13.1 Å². The van der Waals surface area contributed by atoms with Gasteiger partial charge < -0.3 is 0 Å². The van der Waals surface area contributed by atoms with Crippen molar-refractivity contribution < 1.29 is 17.6 Å². The minimum Gasteiger partial charge on any atom is -0.258 e. The number of rotatable bonds is 4. The van der Waals surface area contributed by atoms with E-state index in [1.54, 1.807) is 60.7 Å². The number of hydrogen-bond acceptors (Lipinski definition) is 1. The second-order valence-electron chi connectivity index (χ2n) is 5.01. The second-order valence-corrected chi connectivity index (χ2v) is 5.37. The zero-order valence-corrected chi connectivity index (χ0v) is 13.1. The van der Waals surface area contributed by atoms with Gasteiger partial charge in [-0.2, -0.15) is 17.6 Å². The van der Waals surface area contributed by atoms with Crippen LogP contribution >= 0.6 is 12.2 Å². The molecule has 2 aromatic carbocycles. The molecule has 0 spiro atoms. The van der Waals surface area contributed by atoms with Crippen LogP contribution in [0.25, 0.3) is 22.5 Å². The highest BCUT2D eigenvalue weighted by Crippen LogP contribution is 2.39. The average molecular weight is 352 g/mol. The largest absolute Gasteiger partial charge is 0.321 e. The highest BCUT2D eigenvalue weighted by molar-refractivity contribution is 7.71. The quantitative estimate of drug-likeness (QED) is 0.405. The minimum absolute atomic E-state index is 0.0258. The molecular formula is C17H12F4N2S. The standard InChI is InChI=1S/C17H12F4N2S/c18-15(19)22-13(11-7-3-1-4-8-11)14(12-9-5-2-6-10-12)23(16(20)21)17(22)24/h1-10,15-16H. The van der Waals surface area contributed by atoms with Crippen LogP contribution in [0.5, 0.6) is 0 Å². The van der Waals surface area contributed by atoms with Crippen molar-refractivity contribution in [3.05, 3.63) is 65.4 Å². The molecule has 0 aliphatic carbocycles. The molecule has 124 valence electrons. The molecule has 0 radical (unpaired) electrons. The summed E-state index contributed by atoms with van der Waals surface area (Å²) in [5.41, 5.74) is 0.730. The lowest BCUT2D eigenvalue weighted by molar-refractivity contribution is 0.0536. The molecule has 3 rings (SSSR count). The molecule has 0 unspecified atom stereocenters. The first kappa shape index (κ1) is 16.4. The molecule has 0 aliphatic rings. The highest BCUT2D eigenvalue weighted by Gasteiger charge is 2.28. The van der Waals surface area contributed by atoms with Gasteiger partial charge in [-0.25, -0.2) is 0 Å². The Morgan fingerprint density at radius 2 is 0.958 bits per heavy atom. The van der Waals surface area contributed by atoms with Crippen molar-refractivity contribution >= 4 is 12.2 Å². The molecule has 1 heterocycles. The van der Waals surface area contributed by atoms with Gasteiger partial charge in [-0.3, -0.25) is 9.13 Å². The molecule has 3 aromatic rings. The third kappa shape index (κ3) is 2.75. The first-order chi connectivity index (χ1) is 11.5. The van der Waals surface area contributed by atoms with Crippen molar-refractivity contribution in [1.82, 2.24) is 9.13 Å². The summed E-state index contributed by atoms with van der Waals surface area (Å²) in [5.74, 6) is 0. The molecule has 0 aliphatic heterocycles. The predicted octanol–water partition coefficient (Wildman–Crippen LogP) is 6.14. The summed E-state index contributed by atoms with van der Waals surface area (Å²) < 4.78 is 54.7. The number of benzene rings is 2. The van der Waals surface area contributed by atoms with Gasteiger partial charge in [0, 0.05) is 11.1 Å². The summed E-state index contributed by atoms with van der Waals surface area (Å²) in [5, 5.41) is 0. The van der Waals surface area contributed by atoms with Crippen LogP contribution in [0.3, 0.4) is 0 Å². The van der Waals surface area contributed by atoms with Gasteiger partial charge in [-0.05, 0) is 12.2 Å². The predicted molar refractivity (Wildman–Crippen MR) is 86.6 cm³/mol. The normalized spacial score (nSPS) is 11.4. The number of halogens is 4. The Balaban J connectivity index is 2.45. The van der Waals surface area contributed by atoms with Gasteiger partial charge in [0.25, 0.3) is 0 Å². The fraction of sp³-hybridized carbons (Fsp3) is 0.118. The van der Waals surface area contributed by atoms with Crippen molar-refractivity contribution in [3.63, 3.8) is 0 Å². The summed E-state index contributed by atoms with van der Waals surface area (Å²) in [4.78, 5) is 0. The number of aromatic nitrogens is 2. The monoisotopic (exact) mass is 352 g/mol. The van der Waals surface area contributed by atoms with Crippen LogP contribution in [0.2, 0.25) is 0 Å². The summed E-state index contributed by atoms with van der Waals surface area (Å²) in [6.45, 7) is -6.06. The third-order valence-electron chi connectivity index (χ3n) is 3.60. The Morgan fingerprint density at radius 1 is 0.625 bits per heavy atom. The number of imidazole rings is 1. The van der Waals surface area contributed by atoms with Gasteiger partial charge >= 0.3 is 13.1 Å². The lowest BCUT2D eigenvalue weighted by Gasteiger charge is -2.11. The van der Waals surface area contributed by atoms with E-state index in [1.807, 2.05) is 0 Å². The third-order valence-corrected chi connectivity index (χ3v) is 4.00. The number of alkyl halides is 4. The van der Waals surface area contributed by atoms with Gasteiger partial charge in [0.1, 0.15) is 0 Å². The van der Waals surface area contributed by atoms with Crippen LogP contribution in [-0.2, 0) is 0 Å². The first-order valence-electron chi connectivity index (χ1n) is 7.06. The lowest BCUT2D eigenvalue weighted by atomic mass is 10.0. The minimum atomic E-state index is -3.03. The molecule has 2 nitrogen and oxygen atoms in total. The fourth-order valence-corrected chi connectivity index (χ4v) is 2.98. The van der Waals surface area contributed by atoms with Crippen molar-refractivity contribution in [2.24, 2.45) is 0 Å². The van der Waals surface area contributed by atoms with Crippen LogP contribution < -0.4 is 0 Å². The SMILES string of the molecule is FC(F)n1c(-c2ccccc2)c(-c2ccccc2)n(C(F)F)c1=S. The van der Waals surface area contributed by atoms with Gasteiger partial charge in [-0.1, -0.05) is 60.7 Å².